The second kappa shape index (κ2) is 8.29. The number of nitrogens with zero attached hydrogens (tertiary/aromatic N) is 1. The number of amides is 1. The quantitative estimate of drug-likeness (QED) is 0.610. The summed E-state index contributed by atoms with van der Waals surface area (Å²) in [5.74, 6) is -1.90. The summed E-state index contributed by atoms with van der Waals surface area (Å²) in [4.78, 5) is 37.6. The van der Waals surface area contributed by atoms with E-state index in [-0.39, 0.29) is 32.1 Å². The van der Waals surface area contributed by atoms with Gasteiger partial charge < -0.3 is 9.47 Å². The SMILES string of the molecule is O=C1CN(C(=O)OCc2ccccc2)CC1C(=O)OCc1ccccc1. The molecule has 1 heterocycles. The molecule has 6 heteroatoms. The summed E-state index contributed by atoms with van der Waals surface area (Å²) in [5.41, 5.74) is 1.69. The summed E-state index contributed by atoms with van der Waals surface area (Å²) in [6, 6.07) is 18.5. The summed E-state index contributed by atoms with van der Waals surface area (Å²) in [6.45, 7) is 0.0637. The Balaban J connectivity index is 1.49. The fourth-order valence-electron chi connectivity index (χ4n) is 2.67. The first-order chi connectivity index (χ1) is 12.6. The van der Waals surface area contributed by atoms with E-state index in [0.29, 0.717) is 0 Å². The van der Waals surface area contributed by atoms with Crippen LogP contribution in [-0.4, -0.2) is 35.8 Å². The lowest BCUT2D eigenvalue weighted by Crippen LogP contribution is -2.30. The van der Waals surface area contributed by atoms with Crippen LogP contribution in [0, 0.1) is 5.92 Å². The Morgan fingerprint density at radius 1 is 0.885 bits per heavy atom. The van der Waals surface area contributed by atoms with E-state index in [4.69, 9.17) is 9.47 Å². The maximum atomic E-state index is 12.2. The lowest BCUT2D eigenvalue weighted by molar-refractivity contribution is -0.151. The van der Waals surface area contributed by atoms with Gasteiger partial charge in [0, 0.05) is 6.54 Å². The number of esters is 1. The lowest BCUT2D eigenvalue weighted by Gasteiger charge is -2.15. The standard InChI is InChI=1S/C20H19NO5/c22-18-12-21(20(24)26-14-16-9-5-2-6-10-16)11-17(18)19(23)25-13-15-7-3-1-4-8-15/h1-10,17H,11-14H2. The molecule has 0 saturated carbocycles. The molecule has 1 aliphatic rings. The van der Waals surface area contributed by atoms with Crippen LogP contribution in [0.1, 0.15) is 11.1 Å². The highest BCUT2D eigenvalue weighted by atomic mass is 16.6. The summed E-state index contributed by atoms with van der Waals surface area (Å²) < 4.78 is 10.4. The van der Waals surface area contributed by atoms with Gasteiger partial charge in [0.05, 0.1) is 6.54 Å². The molecule has 0 radical (unpaired) electrons. The molecule has 0 aromatic heterocycles. The zero-order valence-corrected chi connectivity index (χ0v) is 14.2. The number of benzene rings is 2. The Kier molecular flexibility index (Phi) is 5.63. The van der Waals surface area contributed by atoms with Crippen LogP contribution in [-0.2, 0) is 32.3 Å². The van der Waals surface area contributed by atoms with Gasteiger partial charge in [0.15, 0.2) is 5.78 Å². The topological polar surface area (TPSA) is 72.9 Å². The zero-order valence-electron chi connectivity index (χ0n) is 14.2. The van der Waals surface area contributed by atoms with Gasteiger partial charge in [0.2, 0.25) is 0 Å². The predicted molar refractivity (Wildman–Crippen MR) is 92.9 cm³/mol. The van der Waals surface area contributed by atoms with Crippen LogP contribution >= 0.6 is 0 Å². The number of Topliss-reactive ketones (excluding diaryl/α,β-unsaturated/α-hetero) is 1. The Morgan fingerprint density at radius 3 is 2.00 bits per heavy atom. The van der Waals surface area contributed by atoms with E-state index < -0.39 is 18.0 Å². The molecule has 0 aliphatic carbocycles. The highest BCUT2D eigenvalue weighted by Gasteiger charge is 2.40. The van der Waals surface area contributed by atoms with E-state index in [9.17, 15) is 14.4 Å². The first-order valence-corrected chi connectivity index (χ1v) is 8.32. The molecule has 1 amide bonds. The van der Waals surface area contributed by atoms with Crippen LogP contribution in [0.2, 0.25) is 0 Å². The average molecular weight is 353 g/mol. The van der Waals surface area contributed by atoms with Gasteiger partial charge in [0.1, 0.15) is 19.1 Å². The van der Waals surface area contributed by atoms with E-state index >= 15 is 0 Å². The molecule has 2 aromatic carbocycles. The Hall–Kier alpha value is -3.15. The van der Waals surface area contributed by atoms with Crippen LogP contribution < -0.4 is 0 Å². The van der Waals surface area contributed by atoms with Crippen LogP contribution in [0.5, 0.6) is 0 Å². The minimum atomic E-state index is -0.956. The number of likely N-dealkylation sites (tertiary alicyclic amines) is 1. The highest BCUT2D eigenvalue weighted by molar-refractivity contribution is 6.03. The first-order valence-electron chi connectivity index (χ1n) is 8.32. The number of rotatable bonds is 5. The summed E-state index contributed by atoms with van der Waals surface area (Å²) in [5, 5.41) is 0. The fraction of sp³-hybridized carbons (Fsp3) is 0.250. The van der Waals surface area contributed by atoms with E-state index in [0.717, 1.165) is 11.1 Å². The monoisotopic (exact) mass is 353 g/mol. The molecule has 1 unspecified atom stereocenters. The van der Waals surface area contributed by atoms with Gasteiger partial charge in [-0.05, 0) is 11.1 Å². The minimum Gasteiger partial charge on any atom is -0.460 e. The van der Waals surface area contributed by atoms with Crippen molar-refractivity contribution in [3.05, 3.63) is 71.8 Å². The van der Waals surface area contributed by atoms with Crippen LogP contribution in [0.25, 0.3) is 0 Å². The number of carbonyl (C=O) groups is 3. The average Bonchev–Trinajstić information content (AvgIpc) is 3.08. The van der Waals surface area contributed by atoms with Crippen molar-refractivity contribution in [2.75, 3.05) is 13.1 Å². The number of hydrogen-bond acceptors (Lipinski definition) is 5. The third kappa shape index (κ3) is 4.47. The van der Waals surface area contributed by atoms with E-state index in [2.05, 4.69) is 0 Å². The number of carbonyl (C=O) groups excluding carboxylic acids is 3. The lowest BCUT2D eigenvalue weighted by atomic mass is 10.1. The van der Waals surface area contributed by atoms with Gasteiger partial charge in [-0.15, -0.1) is 0 Å². The van der Waals surface area contributed by atoms with Crippen LogP contribution in [0.4, 0.5) is 4.79 Å². The Morgan fingerprint density at radius 2 is 1.42 bits per heavy atom. The molecule has 1 fully saturated rings. The maximum Gasteiger partial charge on any atom is 0.410 e. The Bertz CT molecular complexity index is 775. The van der Waals surface area contributed by atoms with Crippen molar-refractivity contribution in [2.24, 2.45) is 5.92 Å². The molecule has 0 bridgehead atoms. The summed E-state index contributed by atoms with van der Waals surface area (Å²) in [7, 11) is 0. The molecule has 134 valence electrons. The van der Waals surface area contributed by atoms with Crippen molar-refractivity contribution in [3.63, 3.8) is 0 Å². The van der Waals surface area contributed by atoms with Crippen molar-refractivity contribution in [3.8, 4) is 0 Å². The molecule has 1 atom stereocenters. The van der Waals surface area contributed by atoms with Crippen molar-refractivity contribution in [1.29, 1.82) is 0 Å². The molecule has 2 aromatic rings. The van der Waals surface area contributed by atoms with Crippen LogP contribution in [0.15, 0.2) is 60.7 Å². The van der Waals surface area contributed by atoms with Crippen molar-refractivity contribution in [2.45, 2.75) is 13.2 Å². The van der Waals surface area contributed by atoms with Gasteiger partial charge in [-0.2, -0.15) is 0 Å². The summed E-state index contributed by atoms with van der Waals surface area (Å²) >= 11 is 0. The third-order valence-electron chi connectivity index (χ3n) is 4.11. The van der Waals surface area contributed by atoms with Gasteiger partial charge in [-0.3, -0.25) is 14.5 Å². The highest BCUT2D eigenvalue weighted by Crippen LogP contribution is 2.17. The molecular weight excluding hydrogens is 334 g/mol. The van der Waals surface area contributed by atoms with E-state index in [1.807, 2.05) is 60.7 Å². The summed E-state index contributed by atoms with van der Waals surface area (Å²) in [6.07, 6.45) is -0.611. The van der Waals surface area contributed by atoms with Gasteiger partial charge in [-0.1, -0.05) is 60.7 Å². The number of hydrogen-bond donors (Lipinski definition) is 0. The van der Waals surface area contributed by atoms with Gasteiger partial charge in [-0.25, -0.2) is 4.79 Å². The van der Waals surface area contributed by atoms with Crippen molar-refractivity contribution in [1.82, 2.24) is 4.90 Å². The molecule has 3 rings (SSSR count). The van der Waals surface area contributed by atoms with Crippen LogP contribution in [0.3, 0.4) is 0 Å². The third-order valence-corrected chi connectivity index (χ3v) is 4.11. The molecule has 0 spiro atoms. The number of ketones is 1. The maximum absolute atomic E-state index is 12.2. The molecule has 0 N–H and O–H groups in total. The molecule has 1 saturated heterocycles. The second-order valence-electron chi connectivity index (χ2n) is 6.03. The molecular formula is C20H19NO5. The first kappa shape index (κ1) is 17.7. The van der Waals surface area contributed by atoms with Crippen molar-refractivity contribution >= 4 is 17.8 Å². The smallest absolute Gasteiger partial charge is 0.410 e. The molecule has 26 heavy (non-hydrogen) atoms. The largest absolute Gasteiger partial charge is 0.460 e. The normalized spacial score (nSPS) is 16.4. The van der Waals surface area contributed by atoms with Crippen molar-refractivity contribution < 1.29 is 23.9 Å². The predicted octanol–water partition coefficient (Wildman–Crippen LogP) is 2.57. The fourth-order valence-corrected chi connectivity index (χ4v) is 2.67. The van der Waals surface area contributed by atoms with Gasteiger partial charge in [0.25, 0.3) is 0 Å². The Labute approximate surface area is 151 Å². The zero-order chi connectivity index (χ0) is 18.4. The molecule has 1 aliphatic heterocycles. The van der Waals surface area contributed by atoms with Gasteiger partial charge >= 0.3 is 12.1 Å². The number of ether oxygens (including phenoxy) is 2. The van der Waals surface area contributed by atoms with E-state index in [1.165, 1.54) is 4.90 Å². The second-order valence-corrected chi connectivity index (χ2v) is 6.03. The molecule has 6 nitrogen and oxygen atoms in total. The van der Waals surface area contributed by atoms with E-state index in [1.54, 1.807) is 0 Å². The minimum absolute atomic E-state index is 0.0138.